The fourth-order valence-corrected chi connectivity index (χ4v) is 6.28. The molecule has 0 radical (unpaired) electrons. The van der Waals surface area contributed by atoms with Gasteiger partial charge in [0.25, 0.3) is 0 Å². The number of para-hydroxylation sites is 1. The predicted octanol–water partition coefficient (Wildman–Crippen LogP) is 6.14. The highest BCUT2D eigenvalue weighted by Crippen LogP contribution is 2.43. The lowest BCUT2D eigenvalue weighted by molar-refractivity contribution is -0.161. The van der Waals surface area contributed by atoms with Crippen LogP contribution in [0, 0.1) is 0 Å². The van der Waals surface area contributed by atoms with Gasteiger partial charge in [0.05, 0.1) is 16.8 Å². The molecule has 1 aliphatic rings. The van der Waals surface area contributed by atoms with E-state index in [1.807, 2.05) is 51.1 Å². The van der Waals surface area contributed by atoms with Gasteiger partial charge in [0.2, 0.25) is 10.0 Å². The number of rotatable bonds is 9. The minimum Gasteiger partial charge on any atom is -0.512 e. The van der Waals surface area contributed by atoms with E-state index in [-0.39, 0.29) is 21.7 Å². The lowest BCUT2D eigenvalue weighted by Crippen LogP contribution is -2.41. The van der Waals surface area contributed by atoms with Crippen molar-refractivity contribution in [3.05, 3.63) is 71.5 Å². The van der Waals surface area contributed by atoms with E-state index < -0.39 is 27.5 Å². The van der Waals surface area contributed by atoms with Gasteiger partial charge in [-0.3, -0.25) is 0 Å². The van der Waals surface area contributed by atoms with Crippen molar-refractivity contribution in [3.8, 4) is 11.3 Å². The number of nitrogens with zero attached hydrogens (tertiary/aromatic N) is 1. The number of hydrogen-bond acceptors (Lipinski definition) is 6. The molecule has 1 atom stereocenters. The molecule has 0 fully saturated rings. The molecule has 0 saturated heterocycles. The third kappa shape index (κ3) is 5.26. The van der Waals surface area contributed by atoms with Crippen molar-refractivity contribution < 1.29 is 23.1 Å². The van der Waals surface area contributed by atoms with Crippen LogP contribution in [0.5, 0.6) is 0 Å². The summed E-state index contributed by atoms with van der Waals surface area (Å²) in [4.78, 5) is 18.0. The van der Waals surface area contributed by atoms with Gasteiger partial charge in [0.15, 0.2) is 0 Å². The number of hydrogen-bond donors (Lipinski definition) is 2. The Bertz CT molecular complexity index is 1460. The molecule has 8 heteroatoms. The largest absolute Gasteiger partial charge is 0.512 e. The van der Waals surface area contributed by atoms with Crippen LogP contribution in [0.4, 0.5) is 0 Å². The highest BCUT2D eigenvalue weighted by atomic mass is 32.2. The molecule has 37 heavy (non-hydrogen) atoms. The Balaban J connectivity index is 1.84. The maximum atomic E-state index is 13.4. The van der Waals surface area contributed by atoms with Crippen LogP contribution in [-0.4, -0.2) is 30.1 Å². The Morgan fingerprint density at radius 3 is 2.35 bits per heavy atom. The summed E-state index contributed by atoms with van der Waals surface area (Å²) < 4.78 is 30.4. The maximum Gasteiger partial charge on any atom is 0.338 e. The number of aliphatic hydroxyl groups excluding tert-OH is 1. The number of benzene rings is 2. The van der Waals surface area contributed by atoms with Gasteiger partial charge in [0.1, 0.15) is 16.3 Å². The third-order valence-electron chi connectivity index (χ3n) is 7.10. The molecule has 1 unspecified atom stereocenters. The minimum atomic E-state index is -3.98. The molecule has 196 valence electrons. The van der Waals surface area contributed by atoms with Gasteiger partial charge in [-0.15, -0.1) is 0 Å². The van der Waals surface area contributed by atoms with Crippen LogP contribution >= 0.6 is 0 Å². The first-order valence-corrected chi connectivity index (χ1v) is 14.4. The molecule has 1 aromatic heterocycles. The fourth-order valence-electron chi connectivity index (χ4n) is 5.58. The van der Waals surface area contributed by atoms with Crippen LogP contribution in [0.15, 0.2) is 70.8 Å². The van der Waals surface area contributed by atoms with E-state index in [0.717, 1.165) is 24.0 Å². The second kappa shape index (κ2) is 10.6. The van der Waals surface area contributed by atoms with Crippen molar-refractivity contribution in [2.24, 2.45) is 5.14 Å². The Labute approximate surface area is 218 Å². The van der Waals surface area contributed by atoms with Crippen LogP contribution in [0.25, 0.3) is 22.2 Å². The van der Waals surface area contributed by atoms with Gasteiger partial charge >= 0.3 is 5.97 Å². The quantitative estimate of drug-likeness (QED) is 0.326. The average molecular weight is 523 g/mol. The van der Waals surface area contributed by atoms with E-state index >= 15 is 0 Å². The fraction of sp³-hybridized carbons (Fsp3) is 0.379. The third-order valence-corrected chi connectivity index (χ3v) is 8.04. The normalized spacial score (nSPS) is 16.6. The second-order valence-electron chi connectivity index (χ2n) is 9.73. The summed E-state index contributed by atoms with van der Waals surface area (Å²) in [7, 11) is -3.98. The van der Waals surface area contributed by atoms with Crippen LogP contribution in [0.1, 0.15) is 70.8 Å². The summed E-state index contributed by atoms with van der Waals surface area (Å²) in [6, 6.07) is 16.0. The highest BCUT2D eigenvalue weighted by molar-refractivity contribution is 7.89. The van der Waals surface area contributed by atoms with Gasteiger partial charge in [-0.25, -0.2) is 23.3 Å². The standard InChI is InChI=1S/C29H34N2O5S/c1-4-16-29(17-5-2)18-24(32)26(28(33)36-29)20(6-3)21-11-7-8-12-22(21)23-15-14-19-10-9-13-25(27(19)31-23)37(30,34)35/h7-15,20,32H,4-6,16-18H2,1-3H3,(H2,30,34,35). The summed E-state index contributed by atoms with van der Waals surface area (Å²) >= 11 is 0. The SMILES string of the molecule is CCCC1(CCC)CC(O)=C(C(CC)c2ccccc2-c2ccc3cccc(S(N)(=O)=O)c3n2)C(=O)O1. The van der Waals surface area contributed by atoms with Crippen molar-refractivity contribution in [1.82, 2.24) is 4.98 Å². The predicted molar refractivity (Wildman–Crippen MR) is 144 cm³/mol. The number of pyridine rings is 1. The number of sulfonamides is 1. The molecule has 3 aromatic rings. The van der Waals surface area contributed by atoms with E-state index in [4.69, 9.17) is 14.9 Å². The molecule has 4 rings (SSSR count). The second-order valence-corrected chi connectivity index (χ2v) is 11.3. The first-order valence-electron chi connectivity index (χ1n) is 12.8. The number of cyclic esters (lactones) is 1. The number of carbonyl (C=O) groups is 1. The van der Waals surface area contributed by atoms with Crippen LogP contribution < -0.4 is 5.14 Å². The van der Waals surface area contributed by atoms with Gasteiger partial charge in [-0.05, 0) is 37.0 Å². The Kier molecular flexibility index (Phi) is 7.71. The van der Waals surface area contributed by atoms with Crippen molar-refractivity contribution in [3.63, 3.8) is 0 Å². The van der Waals surface area contributed by atoms with E-state index in [1.54, 1.807) is 18.2 Å². The van der Waals surface area contributed by atoms with E-state index in [9.17, 15) is 18.3 Å². The van der Waals surface area contributed by atoms with E-state index in [1.165, 1.54) is 6.07 Å². The average Bonchev–Trinajstić information content (AvgIpc) is 2.85. The summed E-state index contributed by atoms with van der Waals surface area (Å²) in [6.07, 6.45) is 3.96. The highest BCUT2D eigenvalue weighted by Gasteiger charge is 2.43. The molecular formula is C29H34N2O5S. The number of nitrogens with two attached hydrogens (primary N) is 1. The lowest BCUT2D eigenvalue weighted by Gasteiger charge is -2.38. The summed E-state index contributed by atoms with van der Waals surface area (Å²) in [5.74, 6) is -0.811. The molecule has 0 aliphatic carbocycles. The summed E-state index contributed by atoms with van der Waals surface area (Å²) in [5, 5.41) is 17.3. The molecular weight excluding hydrogens is 488 g/mol. The topological polar surface area (TPSA) is 120 Å². The van der Waals surface area contributed by atoms with Gasteiger partial charge in [-0.2, -0.15) is 0 Å². The number of aromatic nitrogens is 1. The molecule has 0 bridgehead atoms. The smallest absolute Gasteiger partial charge is 0.338 e. The Morgan fingerprint density at radius 1 is 1.03 bits per heavy atom. The molecule has 2 aromatic carbocycles. The van der Waals surface area contributed by atoms with Gasteiger partial charge < -0.3 is 9.84 Å². The molecule has 7 nitrogen and oxygen atoms in total. The molecule has 0 spiro atoms. The van der Waals surface area contributed by atoms with E-state index in [0.29, 0.717) is 36.8 Å². The molecule has 2 heterocycles. The monoisotopic (exact) mass is 522 g/mol. The van der Waals surface area contributed by atoms with Crippen molar-refractivity contribution >= 4 is 26.9 Å². The Hall–Kier alpha value is -3.23. The summed E-state index contributed by atoms with van der Waals surface area (Å²) in [6.45, 7) is 6.05. The van der Waals surface area contributed by atoms with Crippen LogP contribution in [-0.2, 0) is 19.6 Å². The van der Waals surface area contributed by atoms with Gasteiger partial charge in [-0.1, -0.05) is 76.1 Å². The first-order chi connectivity index (χ1) is 17.6. The number of primary sulfonamides is 1. The molecule has 3 N–H and O–H groups in total. The number of ether oxygens (including phenoxy) is 1. The lowest BCUT2D eigenvalue weighted by atomic mass is 9.79. The molecule has 0 amide bonds. The van der Waals surface area contributed by atoms with Crippen LogP contribution in [0.2, 0.25) is 0 Å². The van der Waals surface area contributed by atoms with Crippen molar-refractivity contribution in [1.29, 1.82) is 0 Å². The summed E-state index contributed by atoms with van der Waals surface area (Å²) in [5.41, 5.74) is 2.00. The van der Waals surface area contributed by atoms with Crippen molar-refractivity contribution in [2.45, 2.75) is 75.7 Å². The number of fused-ring (bicyclic) bond motifs is 1. The zero-order valence-electron chi connectivity index (χ0n) is 21.5. The number of aliphatic hydroxyl groups is 1. The zero-order chi connectivity index (χ0) is 26.8. The maximum absolute atomic E-state index is 13.4. The van der Waals surface area contributed by atoms with Gasteiger partial charge in [0, 0.05) is 23.3 Å². The molecule has 0 saturated carbocycles. The Morgan fingerprint density at radius 2 is 1.73 bits per heavy atom. The number of carbonyl (C=O) groups excluding carboxylic acids is 1. The first kappa shape index (κ1) is 26.8. The van der Waals surface area contributed by atoms with Crippen LogP contribution in [0.3, 0.4) is 0 Å². The minimum absolute atomic E-state index is 0.0456. The van der Waals surface area contributed by atoms with E-state index in [2.05, 4.69) is 0 Å². The molecule has 1 aliphatic heterocycles. The number of esters is 1. The zero-order valence-corrected chi connectivity index (χ0v) is 22.3. The van der Waals surface area contributed by atoms with Crippen molar-refractivity contribution in [2.75, 3.05) is 0 Å².